The molecule has 1 N–H and O–H groups in total. The van der Waals surface area contributed by atoms with Crippen LogP contribution in [0.15, 0.2) is 24.3 Å². The number of carbonyl (C=O) groups is 2. The molecular weight excluding hydrogens is 264 g/mol. The van der Waals surface area contributed by atoms with Gasteiger partial charge in [-0.2, -0.15) is 0 Å². The molecule has 2 atom stereocenters. The van der Waals surface area contributed by atoms with Gasteiger partial charge in [-0.05, 0) is 36.3 Å². The first-order valence-electron chi connectivity index (χ1n) is 7.90. The first-order valence-corrected chi connectivity index (χ1v) is 7.90. The fourth-order valence-electron chi connectivity index (χ4n) is 4.13. The predicted molar refractivity (Wildman–Crippen MR) is 79.4 cm³/mol. The molecule has 2 amide bonds. The standard InChI is InChI=1S/C17H20N2O2/c20-15-10-19(9-11-5-1-4-8-14(11)18-15)17(21)16-12-6-2-3-7-13(12)16/h1,4-5,8,12-13,16H,2-3,6-7,9-10H2,(H,18,20). The second kappa shape index (κ2) is 4.86. The van der Waals surface area contributed by atoms with Crippen LogP contribution < -0.4 is 5.32 Å². The zero-order valence-electron chi connectivity index (χ0n) is 12.0. The largest absolute Gasteiger partial charge is 0.329 e. The number of nitrogens with zero attached hydrogens (tertiary/aromatic N) is 1. The van der Waals surface area contributed by atoms with Gasteiger partial charge in [0.15, 0.2) is 0 Å². The third kappa shape index (κ3) is 2.23. The van der Waals surface area contributed by atoms with Crippen molar-refractivity contribution in [1.82, 2.24) is 4.90 Å². The van der Waals surface area contributed by atoms with E-state index >= 15 is 0 Å². The molecule has 4 rings (SSSR count). The highest BCUT2D eigenvalue weighted by Crippen LogP contribution is 2.56. The van der Waals surface area contributed by atoms with Gasteiger partial charge in [0.05, 0.1) is 0 Å². The molecule has 2 aliphatic carbocycles. The number of carbonyl (C=O) groups excluding carboxylic acids is 2. The summed E-state index contributed by atoms with van der Waals surface area (Å²) in [7, 11) is 0. The zero-order valence-corrected chi connectivity index (χ0v) is 12.0. The van der Waals surface area contributed by atoms with E-state index in [0.717, 1.165) is 11.3 Å². The quantitative estimate of drug-likeness (QED) is 0.861. The van der Waals surface area contributed by atoms with Gasteiger partial charge in [0, 0.05) is 18.2 Å². The van der Waals surface area contributed by atoms with Crippen LogP contribution in [-0.2, 0) is 16.1 Å². The Balaban J connectivity index is 1.55. The molecule has 2 fully saturated rings. The van der Waals surface area contributed by atoms with Crippen molar-refractivity contribution in [3.8, 4) is 0 Å². The molecule has 3 aliphatic rings. The van der Waals surface area contributed by atoms with Gasteiger partial charge < -0.3 is 10.2 Å². The molecule has 1 aliphatic heterocycles. The van der Waals surface area contributed by atoms with Gasteiger partial charge in [-0.25, -0.2) is 0 Å². The summed E-state index contributed by atoms with van der Waals surface area (Å²) in [5, 5.41) is 2.90. The zero-order chi connectivity index (χ0) is 14.4. The van der Waals surface area contributed by atoms with E-state index in [9.17, 15) is 9.59 Å². The number of hydrogen-bond donors (Lipinski definition) is 1. The van der Waals surface area contributed by atoms with Gasteiger partial charge >= 0.3 is 0 Å². The number of para-hydroxylation sites is 1. The molecule has 2 saturated carbocycles. The van der Waals surface area contributed by atoms with Crippen LogP contribution in [0, 0.1) is 17.8 Å². The fourth-order valence-corrected chi connectivity index (χ4v) is 4.13. The van der Waals surface area contributed by atoms with E-state index in [-0.39, 0.29) is 24.3 Å². The Morgan fingerprint density at radius 1 is 1.10 bits per heavy atom. The summed E-state index contributed by atoms with van der Waals surface area (Å²) in [6.07, 6.45) is 4.90. The van der Waals surface area contributed by atoms with Crippen molar-refractivity contribution in [3.63, 3.8) is 0 Å². The molecule has 1 aromatic rings. The van der Waals surface area contributed by atoms with Crippen LogP contribution in [0.3, 0.4) is 0 Å². The molecule has 0 saturated heterocycles. The molecule has 0 bridgehead atoms. The lowest BCUT2D eigenvalue weighted by molar-refractivity contribution is -0.136. The minimum Gasteiger partial charge on any atom is -0.329 e. The van der Waals surface area contributed by atoms with Crippen LogP contribution in [0.5, 0.6) is 0 Å². The molecule has 0 aromatic heterocycles. The van der Waals surface area contributed by atoms with Crippen molar-refractivity contribution in [2.45, 2.75) is 32.2 Å². The fraction of sp³-hybridized carbons (Fsp3) is 0.529. The van der Waals surface area contributed by atoms with Gasteiger partial charge in [-0.15, -0.1) is 0 Å². The summed E-state index contributed by atoms with van der Waals surface area (Å²) >= 11 is 0. The van der Waals surface area contributed by atoms with Gasteiger partial charge in [0.25, 0.3) is 0 Å². The molecule has 21 heavy (non-hydrogen) atoms. The summed E-state index contributed by atoms with van der Waals surface area (Å²) in [4.78, 5) is 26.5. The smallest absolute Gasteiger partial charge is 0.244 e. The molecule has 4 heteroatoms. The number of fused-ring (bicyclic) bond motifs is 2. The van der Waals surface area contributed by atoms with Crippen LogP contribution in [0.25, 0.3) is 0 Å². The molecule has 110 valence electrons. The number of anilines is 1. The van der Waals surface area contributed by atoms with Crippen LogP contribution >= 0.6 is 0 Å². The van der Waals surface area contributed by atoms with Crippen molar-refractivity contribution < 1.29 is 9.59 Å². The number of nitrogens with one attached hydrogen (secondary N) is 1. The van der Waals surface area contributed by atoms with E-state index in [0.29, 0.717) is 18.4 Å². The van der Waals surface area contributed by atoms with E-state index in [2.05, 4.69) is 5.32 Å². The van der Waals surface area contributed by atoms with Gasteiger partial charge in [-0.3, -0.25) is 9.59 Å². The van der Waals surface area contributed by atoms with Crippen molar-refractivity contribution in [2.75, 3.05) is 11.9 Å². The average molecular weight is 284 g/mol. The molecular formula is C17H20N2O2. The predicted octanol–water partition coefficient (Wildman–Crippen LogP) is 2.40. The second-order valence-electron chi connectivity index (χ2n) is 6.54. The van der Waals surface area contributed by atoms with Gasteiger partial charge in [0.2, 0.25) is 11.8 Å². The summed E-state index contributed by atoms with van der Waals surface area (Å²) in [6.45, 7) is 0.729. The van der Waals surface area contributed by atoms with Crippen LogP contribution in [-0.4, -0.2) is 23.3 Å². The Kier molecular flexibility index (Phi) is 2.98. The van der Waals surface area contributed by atoms with Crippen molar-refractivity contribution in [3.05, 3.63) is 29.8 Å². The van der Waals surface area contributed by atoms with E-state index in [4.69, 9.17) is 0 Å². The Morgan fingerprint density at radius 3 is 2.57 bits per heavy atom. The molecule has 0 spiro atoms. The topological polar surface area (TPSA) is 49.4 Å². The Labute approximate surface area is 124 Å². The van der Waals surface area contributed by atoms with E-state index in [1.807, 2.05) is 24.3 Å². The number of rotatable bonds is 1. The van der Waals surface area contributed by atoms with Gasteiger partial charge in [-0.1, -0.05) is 31.0 Å². The molecule has 1 aromatic carbocycles. The molecule has 1 heterocycles. The Morgan fingerprint density at radius 2 is 1.81 bits per heavy atom. The Bertz CT molecular complexity index is 586. The minimum absolute atomic E-state index is 0.0862. The summed E-state index contributed by atoms with van der Waals surface area (Å²) in [5.41, 5.74) is 1.87. The van der Waals surface area contributed by atoms with Crippen LogP contribution in [0.1, 0.15) is 31.2 Å². The summed E-state index contributed by atoms with van der Waals surface area (Å²) in [6, 6.07) is 7.75. The number of benzene rings is 1. The molecule has 0 radical (unpaired) electrons. The van der Waals surface area contributed by atoms with E-state index in [1.165, 1.54) is 25.7 Å². The minimum atomic E-state index is -0.0862. The second-order valence-corrected chi connectivity index (χ2v) is 6.54. The Hall–Kier alpha value is -1.84. The van der Waals surface area contributed by atoms with E-state index < -0.39 is 0 Å². The highest BCUT2D eigenvalue weighted by Gasteiger charge is 2.55. The maximum atomic E-state index is 12.8. The highest BCUT2D eigenvalue weighted by atomic mass is 16.2. The first kappa shape index (κ1) is 12.9. The maximum Gasteiger partial charge on any atom is 0.244 e. The average Bonchev–Trinajstić information content (AvgIpc) is 3.23. The summed E-state index contributed by atoms with van der Waals surface area (Å²) in [5.74, 6) is 1.47. The van der Waals surface area contributed by atoms with Crippen LogP contribution in [0.4, 0.5) is 5.69 Å². The normalized spacial score (nSPS) is 30.8. The monoisotopic (exact) mass is 284 g/mol. The van der Waals surface area contributed by atoms with E-state index in [1.54, 1.807) is 4.90 Å². The third-order valence-electron chi connectivity index (χ3n) is 5.24. The SMILES string of the molecule is O=C1CN(C(=O)C2C3CCCCC32)Cc2ccccc2N1. The lowest BCUT2D eigenvalue weighted by Crippen LogP contribution is -2.36. The first-order chi connectivity index (χ1) is 10.2. The lowest BCUT2D eigenvalue weighted by atomic mass is 10.0. The maximum absolute atomic E-state index is 12.8. The highest BCUT2D eigenvalue weighted by molar-refractivity contribution is 5.97. The van der Waals surface area contributed by atoms with Crippen LogP contribution in [0.2, 0.25) is 0 Å². The summed E-state index contributed by atoms with van der Waals surface area (Å²) < 4.78 is 0. The lowest BCUT2D eigenvalue weighted by Gasteiger charge is -2.20. The molecule has 4 nitrogen and oxygen atoms in total. The van der Waals surface area contributed by atoms with Crippen molar-refractivity contribution in [1.29, 1.82) is 0 Å². The number of amides is 2. The van der Waals surface area contributed by atoms with Crippen molar-refractivity contribution in [2.24, 2.45) is 17.8 Å². The number of hydrogen-bond acceptors (Lipinski definition) is 2. The molecule has 2 unspecified atom stereocenters. The van der Waals surface area contributed by atoms with Crippen molar-refractivity contribution >= 4 is 17.5 Å². The third-order valence-corrected chi connectivity index (χ3v) is 5.24. The van der Waals surface area contributed by atoms with Gasteiger partial charge in [0.1, 0.15) is 6.54 Å².